The topological polar surface area (TPSA) is 149 Å². The number of hydrogen-bond acceptors (Lipinski definition) is 6. The predicted octanol–water partition coefficient (Wildman–Crippen LogP) is 3.01. The first-order valence-corrected chi connectivity index (χ1v) is 12.1. The molecule has 0 spiro atoms. The van der Waals surface area contributed by atoms with Crippen molar-refractivity contribution >= 4 is 20.2 Å². The minimum atomic E-state index is -4.02. The average molecular weight is 463 g/mol. The highest BCUT2D eigenvalue weighted by Crippen LogP contribution is 2.09. The van der Waals surface area contributed by atoms with Crippen LogP contribution in [0.5, 0.6) is 0 Å². The molecule has 0 bridgehead atoms. The number of hydrogen-bond donors (Lipinski definition) is 4. The van der Waals surface area contributed by atoms with E-state index in [1.807, 2.05) is 13.8 Å². The van der Waals surface area contributed by atoms with Crippen molar-refractivity contribution < 1.29 is 36.2 Å². The van der Waals surface area contributed by atoms with Crippen molar-refractivity contribution in [2.75, 3.05) is 13.2 Å². The van der Waals surface area contributed by atoms with Crippen molar-refractivity contribution in [2.24, 2.45) is 0 Å². The van der Waals surface area contributed by atoms with E-state index in [-0.39, 0.29) is 23.0 Å². The maximum atomic E-state index is 10.5. The van der Waals surface area contributed by atoms with Crippen LogP contribution in [0.2, 0.25) is 0 Å². The zero-order valence-electron chi connectivity index (χ0n) is 17.1. The van der Waals surface area contributed by atoms with Crippen LogP contribution in [0.4, 0.5) is 0 Å². The quantitative estimate of drug-likeness (QED) is 0.362. The van der Waals surface area contributed by atoms with Crippen LogP contribution in [-0.2, 0) is 20.2 Å². The third-order valence-corrected chi connectivity index (χ3v) is 5.44. The fraction of sp³-hybridized carbons (Fsp3) is 0.400. The summed E-state index contributed by atoms with van der Waals surface area (Å²) < 4.78 is 59.1. The average Bonchev–Trinajstić information content (AvgIpc) is 2.66. The molecule has 4 N–H and O–H groups in total. The molecule has 30 heavy (non-hydrogen) atoms. The molecule has 0 saturated carbocycles. The van der Waals surface area contributed by atoms with Gasteiger partial charge in [-0.05, 0) is 51.0 Å². The highest BCUT2D eigenvalue weighted by atomic mass is 32.2. The molecule has 0 aliphatic carbocycles. The highest BCUT2D eigenvalue weighted by Gasteiger charge is 2.07. The van der Waals surface area contributed by atoms with Crippen molar-refractivity contribution in [1.82, 2.24) is 0 Å². The predicted molar refractivity (Wildman–Crippen MR) is 115 cm³/mol. The lowest BCUT2D eigenvalue weighted by Crippen LogP contribution is -1.96. The fourth-order valence-corrected chi connectivity index (χ4v) is 2.96. The number of aryl methyl sites for hydroxylation is 2. The maximum absolute atomic E-state index is 10.5. The lowest BCUT2D eigenvalue weighted by atomic mass is 10.2. The number of benzene rings is 2. The summed E-state index contributed by atoms with van der Waals surface area (Å²) >= 11 is 0. The molecular weight excluding hydrogens is 432 g/mol. The number of unbranched alkanes of at least 4 members (excludes halogenated alkanes) is 3. The normalized spacial score (nSPS) is 11.0. The van der Waals surface area contributed by atoms with Crippen molar-refractivity contribution in [3.63, 3.8) is 0 Å². The Morgan fingerprint density at radius 1 is 0.567 bits per heavy atom. The Morgan fingerprint density at radius 2 is 0.833 bits per heavy atom. The molecule has 0 radical (unpaired) electrons. The Kier molecular flexibility index (Phi) is 13.4. The van der Waals surface area contributed by atoms with Crippen LogP contribution in [0.1, 0.15) is 36.8 Å². The summed E-state index contributed by atoms with van der Waals surface area (Å²) in [5.74, 6) is 0. The molecule has 2 rings (SSSR count). The molecule has 0 aromatic heterocycles. The zero-order valence-corrected chi connectivity index (χ0v) is 18.7. The second-order valence-corrected chi connectivity index (χ2v) is 9.28. The first-order valence-electron chi connectivity index (χ1n) is 9.22. The van der Waals surface area contributed by atoms with E-state index in [9.17, 15) is 16.8 Å². The Hall–Kier alpha value is -1.82. The van der Waals surface area contributed by atoms with Gasteiger partial charge in [0.2, 0.25) is 0 Å². The summed E-state index contributed by atoms with van der Waals surface area (Å²) in [4.78, 5) is -0.133. The molecule has 170 valence electrons. The molecule has 0 heterocycles. The van der Waals surface area contributed by atoms with Crippen LogP contribution < -0.4 is 0 Å². The fourth-order valence-electron chi connectivity index (χ4n) is 2.00. The van der Waals surface area contributed by atoms with Gasteiger partial charge in [-0.15, -0.1) is 0 Å². The van der Waals surface area contributed by atoms with Crippen LogP contribution >= 0.6 is 0 Å². The van der Waals surface area contributed by atoms with Crippen LogP contribution in [0.25, 0.3) is 0 Å². The molecule has 0 aliphatic heterocycles. The van der Waals surface area contributed by atoms with Gasteiger partial charge in [-0.2, -0.15) is 16.8 Å². The van der Waals surface area contributed by atoms with Gasteiger partial charge in [0.05, 0.1) is 9.79 Å². The number of aliphatic hydroxyl groups is 2. The lowest BCUT2D eigenvalue weighted by Gasteiger charge is -1.95. The van der Waals surface area contributed by atoms with E-state index >= 15 is 0 Å². The third-order valence-electron chi connectivity index (χ3n) is 3.70. The molecule has 2 aromatic carbocycles. The van der Waals surface area contributed by atoms with E-state index in [0.29, 0.717) is 0 Å². The monoisotopic (exact) mass is 462 g/mol. The number of aliphatic hydroxyl groups excluding tert-OH is 2. The van der Waals surface area contributed by atoms with Gasteiger partial charge in [-0.25, -0.2) is 0 Å². The van der Waals surface area contributed by atoms with Gasteiger partial charge in [0.25, 0.3) is 20.2 Å². The smallest absolute Gasteiger partial charge is 0.294 e. The van der Waals surface area contributed by atoms with Gasteiger partial charge in [0, 0.05) is 13.2 Å². The summed E-state index contributed by atoms with van der Waals surface area (Å²) in [5, 5.41) is 16.6. The van der Waals surface area contributed by atoms with E-state index in [4.69, 9.17) is 19.3 Å². The zero-order chi connectivity index (χ0) is 23.2. The summed E-state index contributed by atoms with van der Waals surface area (Å²) in [6.07, 6.45) is 3.83. The molecule has 0 amide bonds. The van der Waals surface area contributed by atoms with Crippen molar-refractivity contribution in [3.05, 3.63) is 59.7 Å². The summed E-state index contributed by atoms with van der Waals surface area (Å²) in [5.41, 5.74) is 1.91. The highest BCUT2D eigenvalue weighted by molar-refractivity contribution is 7.86. The third kappa shape index (κ3) is 13.4. The van der Waals surface area contributed by atoms with Crippen LogP contribution in [0.3, 0.4) is 0 Å². The molecule has 0 unspecified atom stereocenters. The first kappa shape index (κ1) is 28.2. The molecular formula is C20H30O8S2. The van der Waals surface area contributed by atoms with Gasteiger partial charge in [0.1, 0.15) is 0 Å². The Bertz CT molecular complexity index is 840. The van der Waals surface area contributed by atoms with E-state index in [2.05, 4.69) is 0 Å². The molecule has 10 heteroatoms. The minimum absolute atomic E-state index is 0.0666. The van der Waals surface area contributed by atoms with E-state index < -0.39 is 20.2 Å². The largest absolute Gasteiger partial charge is 0.396 e. The first-order chi connectivity index (χ1) is 13.9. The second-order valence-electron chi connectivity index (χ2n) is 6.44. The summed E-state index contributed by atoms with van der Waals surface area (Å²) in [6, 6.07) is 12.0. The van der Waals surface area contributed by atoms with Crippen molar-refractivity contribution in [2.45, 2.75) is 49.3 Å². The molecule has 2 aromatic rings. The number of rotatable bonds is 7. The summed E-state index contributed by atoms with van der Waals surface area (Å²) in [7, 11) is -8.04. The van der Waals surface area contributed by atoms with Crippen LogP contribution in [0.15, 0.2) is 58.3 Å². The second kappa shape index (κ2) is 14.2. The van der Waals surface area contributed by atoms with Gasteiger partial charge in [-0.1, -0.05) is 48.2 Å². The Balaban J connectivity index is 0.000000428. The SMILES string of the molecule is Cc1ccc(S(=O)(=O)O)cc1.Cc1ccc(S(=O)(=O)O)cc1.OCCCCCCO. The van der Waals surface area contributed by atoms with Gasteiger partial charge < -0.3 is 10.2 Å². The van der Waals surface area contributed by atoms with Gasteiger partial charge >= 0.3 is 0 Å². The molecule has 0 atom stereocenters. The lowest BCUT2D eigenvalue weighted by molar-refractivity contribution is 0.265. The van der Waals surface area contributed by atoms with E-state index in [1.54, 1.807) is 24.3 Å². The molecule has 8 nitrogen and oxygen atoms in total. The van der Waals surface area contributed by atoms with Gasteiger partial charge in [-0.3, -0.25) is 9.11 Å². The van der Waals surface area contributed by atoms with Crippen LogP contribution in [-0.4, -0.2) is 49.4 Å². The van der Waals surface area contributed by atoms with Crippen molar-refractivity contribution in [3.8, 4) is 0 Å². The Labute approximate surface area is 178 Å². The molecule has 0 aliphatic rings. The van der Waals surface area contributed by atoms with Crippen LogP contribution in [0, 0.1) is 13.8 Å². The standard InChI is InChI=1S/2C7H8O3S.C6H14O2/c2*1-6-2-4-7(5-3-6)11(8,9)10;7-5-3-1-2-4-6-8/h2*2-5H,1H3,(H,8,9,10);7-8H,1-6H2. The van der Waals surface area contributed by atoms with Gasteiger partial charge in [0.15, 0.2) is 0 Å². The minimum Gasteiger partial charge on any atom is -0.396 e. The van der Waals surface area contributed by atoms with E-state index in [0.717, 1.165) is 36.8 Å². The Morgan fingerprint density at radius 3 is 1.03 bits per heavy atom. The summed E-state index contributed by atoms with van der Waals surface area (Å²) in [6.45, 7) is 4.25. The van der Waals surface area contributed by atoms with E-state index in [1.165, 1.54) is 24.3 Å². The molecule has 0 saturated heterocycles. The van der Waals surface area contributed by atoms with Crippen molar-refractivity contribution in [1.29, 1.82) is 0 Å². The maximum Gasteiger partial charge on any atom is 0.294 e. The molecule has 0 fully saturated rings.